The molecule has 0 bridgehead atoms. The molecule has 5 heteroatoms. The van der Waals surface area contributed by atoms with Crippen LogP contribution in [0.4, 0.5) is 0 Å². The first-order valence-corrected chi connectivity index (χ1v) is 7.45. The SMILES string of the molecule is COc1ccc(-c2ccc(-c3ccc(O)cc3)c3nonc23)cc1. The van der Waals surface area contributed by atoms with Gasteiger partial charge < -0.3 is 9.84 Å². The predicted molar refractivity (Wildman–Crippen MR) is 90.9 cm³/mol. The molecule has 118 valence electrons. The number of phenolic OH excluding ortho intramolecular Hbond substituents is 1. The molecule has 4 rings (SSSR count). The van der Waals surface area contributed by atoms with Crippen molar-refractivity contribution in [3.05, 3.63) is 60.7 Å². The minimum Gasteiger partial charge on any atom is -0.508 e. The van der Waals surface area contributed by atoms with Crippen molar-refractivity contribution < 1.29 is 14.5 Å². The second-order valence-corrected chi connectivity index (χ2v) is 5.40. The fourth-order valence-electron chi connectivity index (χ4n) is 2.74. The Hall–Kier alpha value is -3.34. The lowest BCUT2D eigenvalue weighted by Crippen LogP contribution is -1.86. The van der Waals surface area contributed by atoms with Crippen molar-refractivity contribution >= 4 is 11.0 Å². The zero-order valence-electron chi connectivity index (χ0n) is 12.9. The monoisotopic (exact) mass is 318 g/mol. The number of aromatic hydroxyl groups is 1. The van der Waals surface area contributed by atoms with Crippen molar-refractivity contribution in [2.45, 2.75) is 0 Å². The summed E-state index contributed by atoms with van der Waals surface area (Å²) < 4.78 is 10.2. The van der Waals surface area contributed by atoms with Crippen molar-refractivity contribution in [1.29, 1.82) is 0 Å². The minimum atomic E-state index is 0.225. The summed E-state index contributed by atoms with van der Waals surface area (Å²) in [5.41, 5.74) is 5.18. The van der Waals surface area contributed by atoms with Crippen molar-refractivity contribution in [2.75, 3.05) is 7.11 Å². The fraction of sp³-hybridized carbons (Fsp3) is 0.0526. The van der Waals surface area contributed by atoms with Gasteiger partial charge in [-0.2, -0.15) is 0 Å². The summed E-state index contributed by atoms with van der Waals surface area (Å²) >= 11 is 0. The molecule has 0 spiro atoms. The molecule has 0 unspecified atom stereocenters. The number of aromatic nitrogens is 2. The topological polar surface area (TPSA) is 68.4 Å². The second-order valence-electron chi connectivity index (χ2n) is 5.40. The maximum absolute atomic E-state index is 9.46. The fourth-order valence-corrected chi connectivity index (χ4v) is 2.74. The molecule has 1 aromatic heterocycles. The summed E-state index contributed by atoms with van der Waals surface area (Å²) in [6.07, 6.45) is 0. The number of nitrogens with zero attached hydrogens (tertiary/aromatic N) is 2. The van der Waals surface area contributed by atoms with Gasteiger partial charge in [-0.05, 0) is 45.7 Å². The van der Waals surface area contributed by atoms with Crippen molar-refractivity contribution in [1.82, 2.24) is 10.3 Å². The number of methoxy groups -OCH3 is 1. The van der Waals surface area contributed by atoms with E-state index in [9.17, 15) is 5.11 Å². The summed E-state index contributed by atoms with van der Waals surface area (Å²) in [6.45, 7) is 0. The lowest BCUT2D eigenvalue weighted by atomic mass is 9.98. The van der Waals surface area contributed by atoms with Gasteiger partial charge >= 0.3 is 0 Å². The Kier molecular flexibility index (Phi) is 3.39. The van der Waals surface area contributed by atoms with Crippen LogP contribution in [0.5, 0.6) is 11.5 Å². The molecular weight excluding hydrogens is 304 g/mol. The Morgan fingerprint density at radius 2 is 1.25 bits per heavy atom. The maximum atomic E-state index is 9.46. The number of fused-ring (bicyclic) bond motifs is 1. The van der Waals surface area contributed by atoms with E-state index in [0.717, 1.165) is 28.0 Å². The largest absolute Gasteiger partial charge is 0.508 e. The van der Waals surface area contributed by atoms with Crippen LogP contribution in [0, 0.1) is 0 Å². The molecule has 0 aliphatic heterocycles. The number of phenols is 1. The smallest absolute Gasteiger partial charge is 0.143 e. The van der Waals surface area contributed by atoms with E-state index < -0.39 is 0 Å². The normalized spacial score (nSPS) is 10.9. The van der Waals surface area contributed by atoms with Crippen LogP contribution in [0.3, 0.4) is 0 Å². The van der Waals surface area contributed by atoms with E-state index in [1.807, 2.05) is 48.5 Å². The van der Waals surface area contributed by atoms with Crippen LogP contribution in [-0.2, 0) is 0 Å². The van der Waals surface area contributed by atoms with E-state index in [1.54, 1.807) is 19.2 Å². The molecule has 0 saturated carbocycles. The van der Waals surface area contributed by atoms with Gasteiger partial charge in [0.1, 0.15) is 22.5 Å². The molecule has 4 aromatic rings. The lowest BCUT2D eigenvalue weighted by molar-refractivity contribution is 0.315. The Morgan fingerprint density at radius 1 is 0.750 bits per heavy atom. The van der Waals surface area contributed by atoms with Gasteiger partial charge in [-0.3, -0.25) is 0 Å². The van der Waals surface area contributed by atoms with E-state index in [4.69, 9.17) is 9.37 Å². The highest BCUT2D eigenvalue weighted by molar-refractivity contribution is 6.00. The van der Waals surface area contributed by atoms with E-state index in [0.29, 0.717) is 11.0 Å². The van der Waals surface area contributed by atoms with E-state index in [2.05, 4.69) is 10.3 Å². The zero-order valence-corrected chi connectivity index (χ0v) is 12.9. The molecule has 0 saturated heterocycles. The summed E-state index contributed by atoms with van der Waals surface area (Å²) in [5.74, 6) is 1.03. The van der Waals surface area contributed by atoms with E-state index >= 15 is 0 Å². The number of hydrogen-bond donors (Lipinski definition) is 1. The lowest BCUT2D eigenvalue weighted by Gasteiger charge is -2.07. The molecule has 24 heavy (non-hydrogen) atoms. The highest BCUT2D eigenvalue weighted by Crippen LogP contribution is 2.34. The highest BCUT2D eigenvalue weighted by atomic mass is 16.6. The Bertz CT molecular complexity index is 989. The first-order chi connectivity index (χ1) is 11.8. The maximum Gasteiger partial charge on any atom is 0.143 e. The van der Waals surface area contributed by atoms with Crippen LogP contribution in [0.1, 0.15) is 0 Å². The molecule has 0 radical (unpaired) electrons. The van der Waals surface area contributed by atoms with Gasteiger partial charge in [0.25, 0.3) is 0 Å². The van der Waals surface area contributed by atoms with Gasteiger partial charge in [0.15, 0.2) is 0 Å². The number of ether oxygens (including phenoxy) is 1. The van der Waals surface area contributed by atoms with Gasteiger partial charge in [-0.25, -0.2) is 4.63 Å². The van der Waals surface area contributed by atoms with Crippen molar-refractivity contribution in [3.63, 3.8) is 0 Å². The molecular formula is C19H14N2O3. The third kappa shape index (κ3) is 2.36. The standard InChI is InChI=1S/C19H14N2O3/c1-23-15-8-4-13(5-9-15)17-11-10-16(18-19(17)21-24-20-18)12-2-6-14(22)7-3-12/h2-11,22H,1H3. The molecule has 0 aliphatic carbocycles. The summed E-state index contributed by atoms with van der Waals surface area (Å²) in [6, 6.07) is 18.7. The molecule has 1 N–H and O–H groups in total. The van der Waals surface area contributed by atoms with Crippen LogP contribution in [0.25, 0.3) is 33.3 Å². The van der Waals surface area contributed by atoms with Crippen LogP contribution < -0.4 is 4.74 Å². The Balaban J connectivity index is 1.86. The number of hydrogen-bond acceptors (Lipinski definition) is 5. The predicted octanol–water partition coefficient (Wildman–Crippen LogP) is 4.27. The minimum absolute atomic E-state index is 0.225. The Morgan fingerprint density at radius 3 is 1.75 bits per heavy atom. The number of benzene rings is 3. The third-order valence-corrected chi connectivity index (χ3v) is 3.99. The highest BCUT2D eigenvalue weighted by Gasteiger charge is 2.14. The average molecular weight is 318 g/mol. The molecule has 1 heterocycles. The second kappa shape index (κ2) is 5.70. The van der Waals surface area contributed by atoms with Crippen LogP contribution in [0.2, 0.25) is 0 Å². The van der Waals surface area contributed by atoms with Crippen molar-refractivity contribution in [2.24, 2.45) is 0 Å². The van der Waals surface area contributed by atoms with Crippen molar-refractivity contribution in [3.8, 4) is 33.8 Å². The molecule has 0 atom stereocenters. The first-order valence-electron chi connectivity index (χ1n) is 7.45. The van der Waals surface area contributed by atoms with Crippen LogP contribution in [0.15, 0.2) is 65.3 Å². The molecule has 3 aromatic carbocycles. The summed E-state index contributed by atoms with van der Waals surface area (Å²) in [5, 5.41) is 17.6. The van der Waals surface area contributed by atoms with E-state index in [-0.39, 0.29) is 5.75 Å². The van der Waals surface area contributed by atoms with Gasteiger partial charge in [-0.15, -0.1) is 0 Å². The molecule has 0 aliphatic rings. The molecule has 0 amide bonds. The zero-order chi connectivity index (χ0) is 16.5. The molecule has 0 fully saturated rings. The summed E-state index contributed by atoms with van der Waals surface area (Å²) in [4.78, 5) is 0. The molecule has 5 nitrogen and oxygen atoms in total. The van der Waals surface area contributed by atoms with Crippen LogP contribution in [-0.4, -0.2) is 22.5 Å². The van der Waals surface area contributed by atoms with Gasteiger partial charge in [0.05, 0.1) is 7.11 Å². The number of rotatable bonds is 3. The quantitative estimate of drug-likeness (QED) is 0.611. The van der Waals surface area contributed by atoms with Gasteiger partial charge in [0, 0.05) is 11.1 Å². The van der Waals surface area contributed by atoms with E-state index in [1.165, 1.54) is 0 Å². The van der Waals surface area contributed by atoms with Gasteiger partial charge in [0.2, 0.25) is 0 Å². The summed E-state index contributed by atoms with van der Waals surface area (Å²) in [7, 11) is 1.64. The average Bonchev–Trinajstić information content (AvgIpc) is 3.12. The first kappa shape index (κ1) is 14.3. The van der Waals surface area contributed by atoms with Gasteiger partial charge in [-0.1, -0.05) is 36.4 Å². The van der Waals surface area contributed by atoms with Crippen LogP contribution >= 0.6 is 0 Å². The Labute approximate surface area is 138 Å². The third-order valence-electron chi connectivity index (χ3n) is 3.99.